The van der Waals surface area contributed by atoms with Gasteiger partial charge in [0, 0.05) is 32.6 Å². The molecule has 2 aromatic carbocycles. The Bertz CT molecular complexity index is 1700. The highest BCUT2D eigenvalue weighted by Crippen LogP contribution is 2.34. The van der Waals surface area contributed by atoms with E-state index < -0.39 is 5.82 Å². The molecule has 38 heavy (non-hydrogen) atoms. The summed E-state index contributed by atoms with van der Waals surface area (Å²) < 4.78 is 19.0. The third kappa shape index (κ3) is 3.86. The van der Waals surface area contributed by atoms with Crippen molar-refractivity contribution in [2.45, 2.75) is 32.2 Å². The number of fused-ring (bicyclic) bond motifs is 2. The second-order valence-corrected chi connectivity index (χ2v) is 10.8. The number of nitrogens with zero attached hydrogens (tertiary/aromatic N) is 5. The molecule has 0 spiro atoms. The summed E-state index contributed by atoms with van der Waals surface area (Å²) in [5.74, 6) is 0.357. The van der Waals surface area contributed by atoms with E-state index in [1.165, 1.54) is 17.2 Å². The van der Waals surface area contributed by atoms with Gasteiger partial charge in [0.2, 0.25) is 5.91 Å². The van der Waals surface area contributed by atoms with Gasteiger partial charge in [-0.15, -0.1) is 0 Å². The average molecular weight is 510 g/mol. The number of aryl methyl sites for hydroxylation is 1. The molecule has 2 fully saturated rings. The minimum absolute atomic E-state index is 0.0967. The van der Waals surface area contributed by atoms with Crippen LogP contribution in [0.3, 0.4) is 0 Å². The van der Waals surface area contributed by atoms with E-state index in [4.69, 9.17) is 4.98 Å². The van der Waals surface area contributed by atoms with E-state index in [1.54, 1.807) is 28.6 Å². The predicted octanol–water partition coefficient (Wildman–Crippen LogP) is 4.43. The van der Waals surface area contributed by atoms with E-state index in [0.717, 1.165) is 36.8 Å². The zero-order valence-electron chi connectivity index (χ0n) is 21.2. The van der Waals surface area contributed by atoms with Crippen molar-refractivity contribution in [2.24, 2.45) is 18.9 Å². The predicted molar refractivity (Wildman–Crippen MR) is 144 cm³/mol. The van der Waals surface area contributed by atoms with E-state index in [0.29, 0.717) is 31.1 Å². The van der Waals surface area contributed by atoms with Crippen LogP contribution in [0.15, 0.2) is 53.6 Å². The Balaban J connectivity index is 1.26. The van der Waals surface area contributed by atoms with E-state index in [9.17, 15) is 9.59 Å². The van der Waals surface area contributed by atoms with Gasteiger partial charge in [-0.25, -0.2) is 14.4 Å². The average Bonchev–Trinajstić information content (AvgIpc) is 3.29. The van der Waals surface area contributed by atoms with Gasteiger partial charge < -0.3 is 9.47 Å². The number of imidazole rings is 1. The Morgan fingerprint density at radius 2 is 1.92 bits per heavy atom. The molecule has 192 valence electrons. The van der Waals surface area contributed by atoms with Crippen LogP contribution in [0.4, 0.5) is 4.39 Å². The summed E-state index contributed by atoms with van der Waals surface area (Å²) in [6.07, 6.45) is 9.43. The van der Waals surface area contributed by atoms with Crippen molar-refractivity contribution < 1.29 is 9.18 Å². The van der Waals surface area contributed by atoms with Gasteiger partial charge in [-0.05, 0) is 66.0 Å². The first-order valence-electron chi connectivity index (χ1n) is 13.3. The third-order valence-corrected chi connectivity index (χ3v) is 8.11. The van der Waals surface area contributed by atoms with Crippen LogP contribution in [-0.2, 0) is 24.8 Å². The Morgan fingerprint density at radius 1 is 1.11 bits per heavy atom. The number of carbonyl (C=O) groups excluding carboxylic acids is 1. The number of allylic oxidation sites excluding steroid dienone is 1. The number of amides is 1. The number of rotatable bonds is 5. The summed E-state index contributed by atoms with van der Waals surface area (Å²) in [7, 11) is 1.77. The second-order valence-electron chi connectivity index (χ2n) is 10.8. The Labute approximate surface area is 219 Å². The molecule has 2 aromatic heterocycles. The van der Waals surface area contributed by atoms with Crippen LogP contribution in [0.5, 0.6) is 0 Å². The lowest BCUT2D eigenvalue weighted by Gasteiger charge is -2.19. The maximum Gasteiger partial charge on any atom is 0.281 e. The van der Waals surface area contributed by atoms with Gasteiger partial charge in [-0.1, -0.05) is 36.4 Å². The normalized spacial score (nSPS) is 18.5. The van der Waals surface area contributed by atoms with Gasteiger partial charge in [0.15, 0.2) is 11.2 Å². The molecule has 2 aliphatic carbocycles. The first kappa shape index (κ1) is 23.1. The van der Waals surface area contributed by atoms with Crippen LogP contribution in [0, 0.1) is 17.7 Å². The lowest BCUT2D eigenvalue weighted by molar-refractivity contribution is -0.131. The highest BCUT2D eigenvalue weighted by atomic mass is 19.1. The van der Waals surface area contributed by atoms with E-state index in [1.807, 2.05) is 17.0 Å². The van der Waals surface area contributed by atoms with Crippen molar-refractivity contribution in [2.75, 3.05) is 13.1 Å². The topological polar surface area (TPSA) is 73.0 Å². The molecule has 0 N–H and O–H groups in total. The van der Waals surface area contributed by atoms with Gasteiger partial charge in [0.25, 0.3) is 5.56 Å². The molecular formula is C30H28FN5O2. The van der Waals surface area contributed by atoms with E-state index in [-0.39, 0.29) is 34.4 Å². The molecule has 0 unspecified atom stereocenters. The molecule has 3 aliphatic rings. The summed E-state index contributed by atoms with van der Waals surface area (Å²) in [6.45, 7) is 1.67. The van der Waals surface area contributed by atoms with Crippen molar-refractivity contribution in [3.05, 3.63) is 76.1 Å². The molecule has 1 saturated heterocycles. The zero-order valence-corrected chi connectivity index (χ0v) is 21.2. The van der Waals surface area contributed by atoms with Crippen molar-refractivity contribution >= 4 is 23.1 Å². The summed E-state index contributed by atoms with van der Waals surface area (Å²) in [5, 5.41) is 0. The molecule has 8 heteroatoms. The molecule has 0 radical (unpaired) electrons. The number of hydrogen-bond donors (Lipinski definition) is 0. The number of aromatic nitrogens is 4. The number of hydrogen-bond acceptors (Lipinski definition) is 4. The molecule has 0 bridgehead atoms. The largest absolute Gasteiger partial charge is 0.342 e. The van der Waals surface area contributed by atoms with Crippen LogP contribution in [0.1, 0.15) is 30.4 Å². The van der Waals surface area contributed by atoms with Crippen LogP contribution in [-0.4, -0.2) is 43.0 Å². The number of carbonyl (C=O) groups is 1. The number of halogens is 1. The maximum atomic E-state index is 15.8. The molecule has 7 nitrogen and oxygen atoms in total. The van der Waals surface area contributed by atoms with Crippen LogP contribution < -0.4 is 5.56 Å². The minimum atomic E-state index is -0.430. The number of benzene rings is 2. The fraction of sp³-hybridized carbons (Fsp3) is 0.333. The maximum absolute atomic E-state index is 15.8. The first-order valence-corrected chi connectivity index (χ1v) is 13.3. The van der Waals surface area contributed by atoms with Crippen molar-refractivity contribution in [1.29, 1.82) is 0 Å². The lowest BCUT2D eigenvalue weighted by Crippen LogP contribution is -2.32. The fourth-order valence-corrected chi connectivity index (χ4v) is 5.81. The molecule has 1 amide bonds. The summed E-state index contributed by atoms with van der Waals surface area (Å²) in [5.41, 5.74) is 4.85. The zero-order chi connectivity index (χ0) is 26.0. The smallest absolute Gasteiger partial charge is 0.281 e. The van der Waals surface area contributed by atoms with Crippen LogP contribution in [0.2, 0.25) is 0 Å². The number of likely N-dealkylation sites (tertiary alicyclic amines) is 1. The van der Waals surface area contributed by atoms with E-state index >= 15 is 4.39 Å². The first-order chi connectivity index (χ1) is 18.5. The highest BCUT2D eigenvalue weighted by Gasteiger charge is 2.37. The molecule has 4 aromatic rings. The summed E-state index contributed by atoms with van der Waals surface area (Å²) >= 11 is 0. The molecule has 3 heterocycles. The molecule has 1 aliphatic heterocycles. The third-order valence-electron chi connectivity index (χ3n) is 8.11. The lowest BCUT2D eigenvalue weighted by atomic mass is 9.99. The van der Waals surface area contributed by atoms with E-state index in [2.05, 4.69) is 29.3 Å². The Hall–Kier alpha value is -4.07. The summed E-state index contributed by atoms with van der Waals surface area (Å²) in [6, 6.07) is 11.3. The molecule has 7 rings (SSSR count). The standard InChI is InChI=1S/C30H28FN5O2/c1-34-17-32-26-28(34)33-27(36(30(26)38)16-18-11-12-35(15-18)29(37)20-6-7-20)24-10-9-23(14-25(24)31)22-8-5-19-3-2-4-21(19)13-22/h2-3,5,8-10,13-14,17-18,20H,4,6-7,11-12,15-16H2,1H3/t18-/m1/s1. The van der Waals surface area contributed by atoms with Gasteiger partial charge in [0.1, 0.15) is 11.6 Å². The van der Waals surface area contributed by atoms with Crippen LogP contribution >= 0.6 is 0 Å². The van der Waals surface area contributed by atoms with Crippen molar-refractivity contribution in [1.82, 2.24) is 24.0 Å². The SMILES string of the molecule is Cn1cnc2c(=O)n(C[C@@H]3CCN(C(=O)C4CC4)C3)c(-c3ccc(-c4ccc5c(c4)CC=C5)cc3F)nc21. The van der Waals surface area contributed by atoms with Gasteiger partial charge in [0.05, 0.1) is 11.9 Å². The quantitative estimate of drug-likeness (QED) is 0.399. The van der Waals surface area contributed by atoms with Crippen LogP contribution in [0.25, 0.3) is 39.8 Å². The fourth-order valence-electron chi connectivity index (χ4n) is 5.81. The monoisotopic (exact) mass is 509 g/mol. The van der Waals surface area contributed by atoms with Crippen molar-refractivity contribution in [3.8, 4) is 22.5 Å². The Morgan fingerprint density at radius 3 is 2.74 bits per heavy atom. The van der Waals surface area contributed by atoms with Gasteiger partial charge in [-0.3, -0.25) is 14.2 Å². The highest BCUT2D eigenvalue weighted by molar-refractivity contribution is 5.81. The molecule has 1 saturated carbocycles. The van der Waals surface area contributed by atoms with Crippen molar-refractivity contribution in [3.63, 3.8) is 0 Å². The second kappa shape index (κ2) is 8.75. The summed E-state index contributed by atoms with van der Waals surface area (Å²) in [4.78, 5) is 37.1. The molecule has 1 atom stereocenters. The van der Waals surface area contributed by atoms with Gasteiger partial charge >= 0.3 is 0 Å². The Kier molecular flexibility index (Phi) is 5.32. The van der Waals surface area contributed by atoms with Gasteiger partial charge in [-0.2, -0.15) is 0 Å². The molecular weight excluding hydrogens is 481 g/mol. The minimum Gasteiger partial charge on any atom is -0.342 e.